The minimum atomic E-state index is 0.939. The number of imidazole rings is 1. The van der Waals surface area contributed by atoms with Gasteiger partial charge in [-0.3, -0.25) is 4.90 Å². The summed E-state index contributed by atoms with van der Waals surface area (Å²) in [6.45, 7) is 9.77. The van der Waals surface area contributed by atoms with E-state index in [0.717, 1.165) is 57.1 Å². The smallest absolute Gasteiger partial charge is 0.121 e. The van der Waals surface area contributed by atoms with Crippen molar-refractivity contribution in [1.82, 2.24) is 20.2 Å². The maximum atomic E-state index is 4.74. The van der Waals surface area contributed by atoms with Crippen LogP contribution in [-0.4, -0.2) is 41.0 Å². The van der Waals surface area contributed by atoms with E-state index in [1.807, 2.05) is 0 Å². The standard InChI is InChI=1S/C15H26N4/c1-3-5-7-14-13(4-2)17-15(18-14)12-19-10-6-8-16-9-11-19/h5,7,16H,3-4,6,8-12H2,1-2H3,(H,17,18)/b7-5-. The van der Waals surface area contributed by atoms with Crippen LogP contribution in [0.1, 0.15) is 43.9 Å². The van der Waals surface area contributed by atoms with Crippen LogP contribution in [0, 0.1) is 0 Å². The molecule has 0 bridgehead atoms. The molecule has 0 saturated carbocycles. The summed E-state index contributed by atoms with van der Waals surface area (Å²) >= 11 is 0. The number of H-pyrrole nitrogens is 1. The van der Waals surface area contributed by atoms with Crippen LogP contribution in [0.25, 0.3) is 6.08 Å². The largest absolute Gasteiger partial charge is 0.344 e. The molecule has 0 radical (unpaired) electrons. The zero-order valence-corrected chi connectivity index (χ0v) is 12.2. The third-order valence-electron chi connectivity index (χ3n) is 3.53. The van der Waals surface area contributed by atoms with Crippen molar-refractivity contribution in [3.63, 3.8) is 0 Å². The van der Waals surface area contributed by atoms with Gasteiger partial charge in [-0.1, -0.05) is 19.9 Å². The van der Waals surface area contributed by atoms with Crippen molar-refractivity contribution in [3.05, 3.63) is 23.3 Å². The van der Waals surface area contributed by atoms with Crippen molar-refractivity contribution in [2.75, 3.05) is 26.2 Å². The number of aromatic nitrogens is 2. The fraction of sp³-hybridized carbons (Fsp3) is 0.667. The van der Waals surface area contributed by atoms with E-state index < -0.39 is 0 Å². The van der Waals surface area contributed by atoms with Gasteiger partial charge in [-0.05, 0) is 38.4 Å². The Labute approximate surface area is 116 Å². The molecule has 1 fully saturated rings. The number of hydrogen-bond donors (Lipinski definition) is 2. The molecular formula is C15H26N4. The molecule has 0 aromatic carbocycles. The highest BCUT2D eigenvalue weighted by Gasteiger charge is 2.12. The molecule has 2 heterocycles. The first-order chi connectivity index (χ1) is 9.33. The van der Waals surface area contributed by atoms with Crippen LogP contribution in [0.5, 0.6) is 0 Å². The maximum absolute atomic E-state index is 4.74. The molecule has 106 valence electrons. The third-order valence-corrected chi connectivity index (χ3v) is 3.53. The van der Waals surface area contributed by atoms with Gasteiger partial charge in [0, 0.05) is 18.8 Å². The minimum Gasteiger partial charge on any atom is -0.344 e. The molecule has 1 aromatic heterocycles. The van der Waals surface area contributed by atoms with Crippen LogP contribution in [0.4, 0.5) is 0 Å². The zero-order chi connectivity index (χ0) is 13.5. The Morgan fingerprint density at radius 3 is 2.95 bits per heavy atom. The molecule has 4 nitrogen and oxygen atoms in total. The lowest BCUT2D eigenvalue weighted by molar-refractivity contribution is 0.278. The molecule has 0 unspecified atom stereocenters. The molecule has 2 N–H and O–H groups in total. The average molecular weight is 262 g/mol. The predicted octanol–water partition coefficient (Wildman–Crippen LogP) is 2.19. The summed E-state index contributed by atoms with van der Waals surface area (Å²) in [5.74, 6) is 1.11. The van der Waals surface area contributed by atoms with Gasteiger partial charge in [-0.25, -0.2) is 4.98 Å². The van der Waals surface area contributed by atoms with E-state index in [-0.39, 0.29) is 0 Å². The summed E-state index contributed by atoms with van der Waals surface area (Å²) < 4.78 is 0. The second kappa shape index (κ2) is 7.46. The van der Waals surface area contributed by atoms with E-state index in [4.69, 9.17) is 4.98 Å². The van der Waals surface area contributed by atoms with Crippen LogP contribution < -0.4 is 5.32 Å². The van der Waals surface area contributed by atoms with E-state index in [1.54, 1.807) is 0 Å². The number of nitrogens with zero attached hydrogens (tertiary/aromatic N) is 2. The lowest BCUT2D eigenvalue weighted by Crippen LogP contribution is -2.28. The van der Waals surface area contributed by atoms with Gasteiger partial charge in [0.1, 0.15) is 5.82 Å². The predicted molar refractivity (Wildman–Crippen MR) is 80.1 cm³/mol. The highest BCUT2D eigenvalue weighted by atomic mass is 15.2. The molecule has 1 aromatic rings. The van der Waals surface area contributed by atoms with Crippen LogP contribution in [0.15, 0.2) is 6.08 Å². The molecule has 1 saturated heterocycles. The van der Waals surface area contributed by atoms with Gasteiger partial charge in [0.25, 0.3) is 0 Å². The van der Waals surface area contributed by atoms with Gasteiger partial charge >= 0.3 is 0 Å². The SMILES string of the molecule is CC/C=C\c1nc(CN2CCCNCC2)[nH]c1CC. The van der Waals surface area contributed by atoms with Gasteiger partial charge in [-0.15, -0.1) is 0 Å². The second-order valence-corrected chi connectivity index (χ2v) is 5.09. The first kappa shape index (κ1) is 14.3. The molecule has 4 heteroatoms. The van der Waals surface area contributed by atoms with Crippen molar-refractivity contribution >= 4 is 6.08 Å². The van der Waals surface area contributed by atoms with Crippen molar-refractivity contribution in [3.8, 4) is 0 Å². The fourth-order valence-electron chi connectivity index (χ4n) is 2.46. The van der Waals surface area contributed by atoms with Crippen molar-refractivity contribution in [1.29, 1.82) is 0 Å². The van der Waals surface area contributed by atoms with E-state index in [1.165, 1.54) is 12.1 Å². The summed E-state index contributed by atoms with van der Waals surface area (Å²) in [6.07, 6.45) is 7.61. The normalized spacial score (nSPS) is 18.0. The topological polar surface area (TPSA) is 44.0 Å². The third kappa shape index (κ3) is 4.18. The Balaban J connectivity index is 2.03. The molecule has 0 aliphatic carbocycles. The average Bonchev–Trinajstić information content (AvgIpc) is 2.62. The Bertz CT molecular complexity index is 400. The number of aryl methyl sites for hydroxylation is 1. The summed E-state index contributed by atoms with van der Waals surface area (Å²) in [6, 6.07) is 0. The monoisotopic (exact) mass is 262 g/mol. The quantitative estimate of drug-likeness (QED) is 0.855. The first-order valence-corrected chi connectivity index (χ1v) is 7.50. The molecule has 1 aliphatic heterocycles. The molecule has 19 heavy (non-hydrogen) atoms. The van der Waals surface area contributed by atoms with E-state index in [0.29, 0.717) is 0 Å². The number of allylic oxidation sites excluding steroid dienone is 1. The Morgan fingerprint density at radius 1 is 1.26 bits per heavy atom. The Kier molecular flexibility index (Phi) is 5.61. The first-order valence-electron chi connectivity index (χ1n) is 7.50. The minimum absolute atomic E-state index is 0.939. The van der Waals surface area contributed by atoms with Crippen LogP contribution >= 0.6 is 0 Å². The van der Waals surface area contributed by atoms with Gasteiger partial charge in [0.15, 0.2) is 0 Å². The molecular weight excluding hydrogens is 236 g/mol. The van der Waals surface area contributed by atoms with Crippen LogP contribution in [0.2, 0.25) is 0 Å². The van der Waals surface area contributed by atoms with E-state index in [9.17, 15) is 0 Å². The van der Waals surface area contributed by atoms with Gasteiger partial charge in [-0.2, -0.15) is 0 Å². The van der Waals surface area contributed by atoms with Gasteiger partial charge in [0.2, 0.25) is 0 Å². The van der Waals surface area contributed by atoms with Crippen molar-refractivity contribution in [2.24, 2.45) is 0 Å². The number of nitrogens with one attached hydrogen (secondary N) is 2. The summed E-state index contributed by atoms with van der Waals surface area (Å²) in [5, 5.41) is 3.44. The van der Waals surface area contributed by atoms with Crippen molar-refractivity contribution in [2.45, 2.75) is 39.7 Å². The summed E-state index contributed by atoms with van der Waals surface area (Å²) in [7, 11) is 0. The summed E-state index contributed by atoms with van der Waals surface area (Å²) in [5.41, 5.74) is 2.37. The fourth-order valence-corrected chi connectivity index (χ4v) is 2.46. The lowest BCUT2D eigenvalue weighted by Gasteiger charge is -2.17. The Morgan fingerprint density at radius 2 is 2.16 bits per heavy atom. The number of hydrogen-bond acceptors (Lipinski definition) is 3. The summed E-state index contributed by atoms with van der Waals surface area (Å²) in [4.78, 5) is 10.7. The molecule has 1 aliphatic rings. The van der Waals surface area contributed by atoms with Crippen molar-refractivity contribution < 1.29 is 0 Å². The zero-order valence-electron chi connectivity index (χ0n) is 12.2. The van der Waals surface area contributed by atoms with Gasteiger partial charge in [0.05, 0.1) is 12.2 Å². The number of rotatable bonds is 5. The van der Waals surface area contributed by atoms with E-state index in [2.05, 4.69) is 41.2 Å². The maximum Gasteiger partial charge on any atom is 0.121 e. The van der Waals surface area contributed by atoms with Crippen LogP contribution in [0.3, 0.4) is 0 Å². The highest BCUT2D eigenvalue weighted by Crippen LogP contribution is 2.12. The molecule has 2 rings (SSSR count). The molecule has 0 amide bonds. The van der Waals surface area contributed by atoms with Crippen LogP contribution in [-0.2, 0) is 13.0 Å². The van der Waals surface area contributed by atoms with Gasteiger partial charge < -0.3 is 10.3 Å². The molecule has 0 atom stereocenters. The second-order valence-electron chi connectivity index (χ2n) is 5.09. The number of aromatic amines is 1. The van der Waals surface area contributed by atoms with E-state index >= 15 is 0 Å². The highest BCUT2D eigenvalue weighted by molar-refractivity contribution is 5.47. The molecule has 0 spiro atoms. The Hall–Kier alpha value is -1.13. The lowest BCUT2D eigenvalue weighted by atomic mass is 10.2.